The fraction of sp³-hybridized carbons (Fsp3) is 0.286. The van der Waals surface area contributed by atoms with Crippen LogP contribution in [0.5, 0.6) is 0 Å². The highest BCUT2D eigenvalue weighted by Crippen LogP contribution is 2.03. The minimum absolute atomic E-state index is 0.00301. The van der Waals surface area contributed by atoms with Gasteiger partial charge in [-0.2, -0.15) is 5.10 Å². The number of nitrogens with zero attached hydrogens (tertiary/aromatic N) is 1. The Kier molecular flexibility index (Phi) is 2.57. The molecule has 0 amide bonds. The quantitative estimate of drug-likeness (QED) is 0.631. The summed E-state index contributed by atoms with van der Waals surface area (Å²) < 4.78 is 0. The summed E-state index contributed by atoms with van der Waals surface area (Å²) in [5.74, 6) is -0.888. The Bertz CT molecular complexity index is 293. The molecule has 0 aliphatic carbocycles. The number of rotatable bonds is 4. The van der Waals surface area contributed by atoms with Crippen LogP contribution in [0.25, 0.3) is 0 Å². The van der Waals surface area contributed by atoms with Crippen LogP contribution in [0.15, 0.2) is 6.20 Å². The Balaban J connectivity index is 2.62. The maximum absolute atomic E-state index is 10.3. The molecular weight excluding hydrogens is 160 g/mol. The topological polar surface area (TPSA) is 83.0 Å². The lowest BCUT2D eigenvalue weighted by molar-refractivity contribution is -0.136. The van der Waals surface area contributed by atoms with E-state index in [1.165, 1.54) is 6.20 Å². The van der Waals surface area contributed by atoms with Gasteiger partial charge in [0.25, 0.3) is 0 Å². The number of carboxylic acids is 1. The molecule has 0 fully saturated rings. The Morgan fingerprint density at radius 1 is 1.75 bits per heavy atom. The molecular formula is C7H8N2O3. The predicted molar refractivity (Wildman–Crippen MR) is 39.9 cm³/mol. The Morgan fingerprint density at radius 3 is 3.08 bits per heavy atom. The number of aryl methyl sites for hydroxylation is 1. The summed E-state index contributed by atoms with van der Waals surface area (Å²) >= 11 is 0. The smallest absolute Gasteiger partial charge is 0.303 e. The highest BCUT2D eigenvalue weighted by molar-refractivity contribution is 5.76. The number of hydrogen-bond donors (Lipinski definition) is 2. The molecule has 1 rings (SSSR count). The van der Waals surface area contributed by atoms with Gasteiger partial charge in [0.15, 0.2) is 6.29 Å². The van der Waals surface area contributed by atoms with Crippen LogP contribution >= 0.6 is 0 Å². The van der Waals surface area contributed by atoms with E-state index >= 15 is 0 Å². The summed E-state index contributed by atoms with van der Waals surface area (Å²) in [6.45, 7) is 0. The lowest BCUT2D eigenvalue weighted by Gasteiger charge is -1.93. The minimum Gasteiger partial charge on any atom is -0.481 e. The highest BCUT2D eigenvalue weighted by atomic mass is 16.4. The monoisotopic (exact) mass is 168 g/mol. The van der Waals surface area contributed by atoms with E-state index in [9.17, 15) is 9.59 Å². The van der Waals surface area contributed by atoms with Gasteiger partial charge in [-0.15, -0.1) is 0 Å². The van der Waals surface area contributed by atoms with Gasteiger partial charge in [0.05, 0.1) is 18.2 Å². The molecule has 1 heterocycles. The van der Waals surface area contributed by atoms with Gasteiger partial charge in [-0.3, -0.25) is 14.7 Å². The number of aromatic nitrogens is 2. The van der Waals surface area contributed by atoms with Gasteiger partial charge in [-0.25, -0.2) is 0 Å². The second-order valence-corrected chi connectivity index (χ2v) is 2.32. The zero-order valence-corrected chi connectivity index (χ0v) is 6.28. The van der Waals surface area contributed by atoms with Crippen molar-refractivity contribution in [3.05, 3.63) is 17.5 Å². The van der Waals surface area contributed by atoms with Crippen LogP contribution in [0.1, 0.15) is 22.5 Å². The van der Waals surface area contributed by atoms with Crippen molar-refractivity contribution in [2.75, 3.05) is 0 Å². The van der Waals surface area contributed by atoms with E-state index in [0.717, 1.165) is 0 Å². The highest BCUT2D eigenvalue weighted by Gasteiger charge is 2.05. The van der Waals surface area contributed by atoms with E-state index in [1.54, 1.807) is 0 Å². The van der Waals surface area contributed by atoms with Crippen LogP contribution in [-0.4, -0.2) is 27.6 Å². The first-order chi connectivity index (χ1) is 5.74. The lowest BCUT2D eigenvalue weighted by atomic mass is 10.2. The fourth-order valence-electron chi connectivity index (χ4n) is 0.856. The average Bonchev–Trinajstić information content (AvgIpc) is 2.47. The van der Waals surface area contributed by atoms with E-state index in [1.807, 2.05) is 0 Å². The third-order valence-electron chi connectivity index (χ3n) is 1.47. The molecule has 0 aliphatic rings. The van der Waals surface area contributed by atoms with E-state index < -0.39 is 5.97 Å². The zero-order chi connectivity index (χ0) is 8.97. The average molecular weight is 168 g/mol. The van der Waals surface area contributed by atoms with E-state index in [-0.39, 0.29) is 6.42 Å². The molecule has 0 saturated carbocycles. The largest absolute Gasteiger partial charge is 0.481 e. The van der Waals surface area contributed by atoms with Crippen molar-refractivity contribution in [1.82, 2.24) is 10.2 Å². The number of carbonyl (C=O) groups excluding carboxylic acids is 1. The lowest BCUT2D eigenvalue weighted by Crippen LogP contribution is -1.99. The number of nitrogens with one attached hydrogen (secondary N) is 1. The molecule has 0 radical (unpaired) electrons. The summed E-state index contributed by atoms with van der Waals surface area (Å²) in [7, 11) is 0. The zero-order valence-electron chi connectivity index (χ0n) is 6.28. The van der Waals surface area contributed by atoms with E-state index in [0.29, 0.717) is 24.0 Å². The van der Waals surface area contributed by atoms with Crippen LogP contribution in [0.4, 0.5) is 0 Å². The maximum atomic E-state index is 10.3. The third kappa shape index (κ3) is 1.91. The molecule has 2 N–H and O–H groups in total. The number of hydrogen-bond acceptors (Lipinski definition) is 3. The fourth-order valence-corrected chi connectivity index (χ4v) is 0.856. The second kappa shape index (κ2) is 3.66. The number of aliphatic carboxylic acids is 1. The van der Waals surface area contributed by atoms with Crippen LogP contribution in [0.2, 0.25) is 0 Å². The molecule has 64 valence electrons. The summed E-state index contributed by atoms with van der Waals surface area (Å²) in [4.78, 5) is 20.5. The van der Waals surface area contributed by atoms with Crippen LogP contribution in [0.3, 0.4) is 0 Å². The molecule has 1 aromatic rings. The molecule has 0 atom stereocenters. The van der Waals surface area contributed by atoms with Gasteiger partial charge in [0, 0.05) is 12.1 Å². The van der Waals surface area contributed by atoms with Crippen LogP contribution < -0.4 is 0 Å². The first kappa shape index (κ1) is 8.45. The molecule has 0 unspecified atom stereocenters. The number of carboxylic acid groups (broad SMARTS) is 1. The Labute approximate surface area is 68.4 Å². The Morgan fingerprint density at radius 2 is 2.50 bits per heavy atom. The number of aromatic amines is 1. The molecule has 0 bridgehead atoms. The van der Waals surface area contributed by atoms with Crippen molar-refractivity contribution < 1.29 is 14.7 Å². The molecule has 1 aromatic heterocycles. The molecule has 0 aromatic carbocycles. The normalized spacial score (nSPS) is 9.67. The third-order valence-corrected chi connectivity index (χ3v) is 1.47. The maximum Gasteiger partial charge on any atom is 0.303 e. The van der Waals surface area contributed by atoms with Crippen LogP contribution in [-0.2, 0) is 11.2 Å². The van der Waals surface area contributed by atoms with Crippen LogP contribution in [0, 0.1) is 0 Å². The van der Waals surface area contributed by atoms with Gasteiger partial charge in [-0.05, 0) is 0 Å². The Hall–Kier alpha value is -1.65. The standard InChI is InChI=1S/C7H8N2O3/c10-4-5-3-8-9-6(5)1-2-7(11)12/h3-4H,1-2H2,(H,8,9)(H,11,12). The van der Waals surface area contributed by atoms with E-state index in [4.69, 9.17) is 5.11 Å². The molecule has 5 heteroatoms. The molecule has 5 nitrogen and oxygen atoms in total. The van der Waals surface area contributed by atoms with Crippen molar-refractivity contribution in [3.63, 3.8) is 0 Å². The van der Waals surface area contributed by atoms with Gasteiger partial charge in [0.1, 0.15) is 0 Å². The summed E-state index contributed by atoms with van der Waals surface area (Å²) in [5, 5.41) is 14.5. The van der Waals surface area contributed by atoms with Crippen molar-refractivity contribution in [1.29, 1.82) is 0 Å². The van der Waals surface area contributed by atoms with Gasteiger partial charge in [0.2, 0.25) is 0 Å². The molecule has 0 spiro atoms. The number of carbonyl (C=O) groups is 2. The van der Waals surface area contributed by atoms with Crippen molar-refractivity contribution in [3.8, 4) is 0 Å². The molecule has 12 heavy (non-hydrogen) atoms. The predicted octanol–water partition coefficient (Wildman–Crippen LogP) is 0.239. The SMILES string of the molecule is O=Cc1cn[nH]c1CCC(=O)O. The second-order valence-electron chi connectivity index (χ2n) is 2.32. The molecule has 0 saturated heterocycles. The number of H-pyrrole nitrogens is 1. The van der Waals surface area contributed by atoms with Crippen molar-refractivity contribution in [2.24, 2.45) is 0 Å². The number of aldehydes is 1. The summed E-state index contributed by atoms with van der Waals surface area (Å²) in [6, 6.07) is 0. The van der Waals surface area contributed by atoms with Crippen molar-refractivity contribution in [2.45, 2.75) is 12.8 Å². The van der Waals surface area contributed by atoms with Crippen molar-refractivity contribution >= 4 is 12.3 Å². The first-order valence-corrected chi connectivity index (χ1v) is 3.43. The minimum atomic E-state index is -0.888. The van der Waals surface area contributed by atoms with Gasteiger partial charge in [-0.1, -0.05) is 0 Å². The summed E-state index contributed by atoms with van der Waals surface area (Å²) in [6.07, 6.45) is 2.34. The summed E-state index contributed by atoms with van der Waals surface area (Å²) in [5.41, 5.74) is 1.00. The molecule has 0 aliphatic heterocycles. The van der Waals surface area contributed by atoms with Gasteiger partial charge >= 0.3 is 5.97 Å². The van der Waals surface area contributed by atoms with E-state index in [2.05, 4.69) is 10.2 Å². The van der Waals surface area contributed by atoms with Gasteiger partial charge < -0.3 is 5.11 Å². The first-order valence-electron chi connectivity index (χ1n) is 3.43.